The van der Waals surface area contributed by atoms with Gasteiger partial charge in [-0.15, -0.1) is 0 Å². The number of amides is 1. The van der Waals surface area contributed by atoms with Crippen molar-refractivity contribution in [2.75, 3.05) is 6.61 Å². The second kappa shape index (κ2) is 4.27. The molecule has 2 atom stereocenters. The monoisotopic (exact) mass is 207 g/mol. The number of aliphatic hydroxyl groups is 1. The molecule has 0 saturated carbocycles. The van der Waals surface area contributed by atoms with Crippen LogP contribution >= 0.6 is 0 Å². The molecule has 6 nitrogen and oxygen atoms in total. The summed E-state index contributed by atoms with van der Waals surface area (Å²) in [6.07, 6.45) is 1.03. The fourth-order valence-electron chi connectivity index (χ4n) is 1.66. The van der Waals surface area contributed by atoms with Crippen LogP contribution in [-0.2, 0) is 14.3 Å². The first-order valence-electron chi connectivity index (χ1n) is 4.16. The minimum absolute atomic E-state index is 0. The fraction of sp³-hybridized carbons (Fsp3) is 0.500. The van der Waals surface area contributed by atoms with Crippen molar-refractivity contribution < 1.29 is 24.5 Å². The van der Waals surface area contributed by atoms with Gasteiger partial charge in [0, 0.05) is 0 Å². The van der Waals surface area contributed by atoms with Crippen molar-refractivity contribution >= 4 is 30.7 Å². The number of fused-ring (bicyclic) bond motifs is 1. The number of carboxylic acid groups (broad SMARTS) is 1. The molecule has 0 aromatic carbocycles. The number of rotatable bonds is 2. The Kier molecular flexibility index (Phi) is 3.45. The molecular formula is C8H10LiNO5. The van der Waals surface area contributed by atoms with Crippen LogP contribution < -0.4 is 0 Å². The van der Waals surface area contributed by atoms with Crippen molar-refractivity contribution in [3.05, 3.63) is 11.8 Å². The summed E-state index contributed by atoms with van der Waals surface area (Å²) in [7, 11) is 0. The van der Waals surface area contributed by atoms with Crippen molar-refractivity contribution in [1.82, 2.24) is 4.90 Å². The number of β-lactam (4-membered cyclic amide) rings is 1. The summed E-state index contributed by atoms with van der Waals surface area (Å²) in [6, 6.07) is -1.06. The number of ether oxygens (including phenoxy) is 1. The first-order chi connectivity index (χ1) is 6.65. The number of hydrogen-bond donors (Lipinski definition) is 2. The van der Waals surface area contributed by atoms with Gasteiger partial charge in [0.05, 0.1) is 13.0 Å². The average molecular weight is 207 g/mol. The second-order valence-corrected chi connectivity index (χ2v) is 3.11. The third kappa shape index (κ3) is 1.76. The van der Waals surface area contributed by atoms with Gasteiger partial charge in [-0.05, 0) is 6.08 Å². The Balaban J connectivity index is 0.00000112. The van der Waals surface area contributed by atoms with Crippen molar-refractivity contribution in [2.45, 2.75) is 18.7 Å². The Bertz CT molecular complexity index is 329. The van der Waals surface area contributed by atoms with Crippen LogP contribution in [0.15, 0.2) is 11.8 Å². The molecule has 0 aromatic heterocycles. The number of nitrogens with zero attached hydrogens (tertiary/aromatic N) is 1. The first kappa shape index (κ1) is 12.1. The summed E-state index contributed by atoms with van der Waals surface area (Å²) in [5.74, 6) is -1.22. The molecule has 0 spiro atoms. The van der Waals surface area contributed by atoms with E-state index in [0.29, 0.717) is 0 Å². The van der Waals surface area contributed by atoms with Crippen LogP contribution in [-0.4, -0.2) is 64.7 Å². The fourth-order valence-corrected chi connectivity index (χ4v) is 1.66. The van der Waals surface area contributed by atoms with Gasteiger partial charge in [-0.1, -0.05) is 0 Å². The summed E-state index contributed by atoms with van der Waals surface area (Å²) in [4.78, 5) is 23.1. The van der Waals surface area contributed by atoms with Gasteiger partial charge in [0.2, 0.25) is 5.91 Å². The van der Waals surface area contributed by atoms with Crippen molar-refractivity contribution in [2.24, 2.45) is 0 Å². The van der Waals surface area contributed by atoms with E-state index in [2.05, 4.69) is 0 Å². The van der Waals surface area contributed by atoms with E-state index in [4.69, 9.17) is 14.9 Å². The summed E-state index contributed by atoms with van der Waals surface area (Å²) in [5, 5.41) is 17.5. The van der Waals surface area contributed by atoms with E-state index in [9.17, 15) is 9.59 Å². The summed E-state index contributed by atoms with van der Waals surface area (Å²) >= 11 is 0. The first-order valence-corrected chi connectivity index (χ1v) is 4.16. The van der Waals surface area contributed by atoms with Gasteiger partial charge in [-0.2, -0.15) is 0 Å². The van der Waals surface area contributed by atoms with E-state index in [1.54, 1.807) is 0 Å². The van der Waals surface area contributed by atoms with Gasteiger partial charge < -0.3 is 14.9 Å². The van der Waals surface area contributed by atoms with Crippen molar-refractivity contribution in [1.29, 1.82) is 0 Å². The van der Waals surface area contributed by atoms with E-state index < -0.39 is 18.2 Å². The maximum absolute atomic E-state index is 11.1. The zero-order valence-electron chi connectivity index (χ0n) is 7.21. The molecule has 78 valence electrons. The predicted molar refractivity (Wildman–Crippen MR) is 50.1 cm³/mol. The standard InChI is InChI=1S/C8H9NO5.Li.H/c10-2-1-4-7(8(12)13)9-5(11)3-6(9)14-4;;/h1,6-7,10H,2-3H2,(H,12,13);;/b4-1-;;/t6-,7-;;/m1../s1. The van der Waals surface area contributed by atoms with E-state index in [1.165, 1.54) is 11.0 Å². The normalized spacial score (nSPS) is 30.3. The second-order valence-electron chi connectivity index (χ2n) is 3.11. The Morgan fingerprint density at radius 3 is 2.80 bits per heavy atom. The molecule has 2 saturated heterocycles. The van der Waals surface area contributed by atoms with E-state index >= 15 is 0 Å². The number of hydrogen-bond acceptors (Lipinski definition) is 4. The topological polar surface area (TPSA) is 87.1 Å². The molecule has 2 rings (SSSR count). The van der Waals surface area contributed by atoms with Crippen LogP contribution in [0.1, 0.15) is 6.42 Å². The number of carbonyl (C=O) groups excluding carboxylic acids is 1. The average Bonchev–Trinajstić information content (AvgIpc) is 2.39. The minimum atomic E-state index is -1.14. The Morgan fingerprint density at radius 1 is 1.67 bits per heavy atom. The molecule has 0 aromatic rings. The van der Waals surface area contributed by atoms with Gasteiger partial charge >= 0.3 is 24.8 Å². The van der Waals surface area contributed by atoms with Crippen LogP contribution in [0, 0.1) is 0 Å². The molecule has 0 aliphatic carbocycles. The molecule has 2 N–H and O–H groups in total. The third-order valence-electron chi connectivity index (χ3n) is 2.29. The van der Waals surface area contributed by atoms with Gasteiger partial charge in [0.1, 0.15) is 5.76 Å². The zero-order valence-corrected chi connectivity index (χ0v) is 7.21. The molecule has 2 aliphatic heterocycles. The summed E-state index contributed by atoms with van der Waals surface area (Å²) in [6.45, 7) is -0.298. The molecule has 2 aliphatic rings. The van der Waals surface area contributed by atoms with E-state index in [-0.39, 0.29) is 43.6 Å². The zero-order chi connectivity index (χ0) is 10.3. The Morgan fingerprint density at radius 2 is 2.33 bits per heavy atom. The number of carbonyl (C=O) groups is 2. The Hall–Kier alpha value is -0.963. The SMILES string of the molecule is O=C(O)[C@H]1/C(=C/CO)O[C@@H]2CC(=O)N21.[LiH]. The molecule has 1 amide bonds. The van der Waals surface area contributed by atoms with E-state index in [1.807, 2.05) is 0 Å². The van der Waals surface area contributed by atoms with Crippen molar-refractivity contribution in [3.63, 3.8) is 0 Å². The van der Waals surface area contributed by atoms with Gasteiger partial charge in [-0.25, -0.2) is 4.79 Å². The number of aliphatic carboxylic acids is 1. The molecule has 0 radical (unpaired) electrons. The molecule has 15 heavy (non-hydrogen) atoms. The van der Waals surface area contributed by atoms with Crippen molar-refractivity contribution in [3.8, 4) is 0 Å². The number of aliphatic hydroxyl groups excluding tert-OH is 1. The van der Waals surface area contributed by atoms with Crippen LogP contribution in [0.25, 0.3) is 0 Å². The third-order valence-corrected chi connectivity index (χ3v) is 2.29. The van der Waals surface area contributed by atoms with Crippen LogP contribution in [0.2, 0.25) is 0 Å². The Labute approximate surface area is 97.7 Å². The van der Waals surface area contributed by atoms with Gasteiger partial charge in [-0.3, -0.25) is 9.69 Å². The molecule has 2 heterocycles. The molecule has 0 unspecified atom stereocenters. The molecule has 2 fully saturated rings. The van der Waals surface area contributed by atoms with Gasteiger partial charge in [0.25, 0.3) is 0 Å². The molecular weight excluding hydrogens is 197 g/mol. The maximum atomic E-state index is 11.1. The molecule has 0 bridgehead atoms. The van der Waals surface area contributed by atoms with Gasteiger partial charge in [0.15, 0.2) is 12.3 Å². The van der Waals surface area contributed by atoms with Crippen LogP contribution in [0.4, 0.5) is 0 Å². The van der Waals surface area contributed by atoms with E-state index in [0.717, 1.165) is 0 Å². The van der Waals surface area contributed by atoms with Crippen LogP contribution in [0.3, 0.4) is 0 Å². The molecule has 7 heteroatoms. The predicted octanol–water partition coefficient (Wildman–Crippen LogP) is -1.74. The summed E-state index contributed by atoms with van der Waals surface area (Å²) in [5.41, 5.74) is 0. The number of carboxylic acids is 1. The van der Waals surface area contributed by atoms with Crippen LogP contribution in [0.5, 0.6) is 0 Å². The summed E-state index contributed by atoms with van der Waals surface area (Å²) < 4.78 is 5.17. The quantitative estimate of drug-likeness (QED) is 0.414.